The number of carbonyl (C=O) groups excluding carboxylic acids is 1. The highest BCUT2D eigenvalue weighted by Gasteiger charge is 2.18. The summed E-state index contributed by atoms with van der Waals surface area (Å²) in [5, 5.41) is 12.7. The molecule has 3 aromatic heterocycles. The average molecular weight is 447 g/mol. The molecule has 1 amide bonds. The van der Waals surface area contributed by atoms with Crippen LogP contribution in [0.4, 0.5) is 0 Å². The Balaban J connectivity index is 1.24. The van der Waals surface area contributed by atoms with Gasteiger partial charge in [0.15, 0.2) is 0 Å². The number of imidazole rings is 1. The van der Waals surface area contributed by atoms with Crippen LogP contribution in [0.5, 0.6) is 0 Å². The van der Waals surface area contributed by atoms with Crippen molar-refractivity contribution in [1.82, 2.24) is 30.0 Å². The highest BCUT2D eigenvalue weighted by Crippen LogP contribution is 2.29. The number of aromatic amines is 1. The summed E-state index contributed by atoms with van der Waals surface area (Å²) in [5.41, 5.74) is 3.81. The molecule has 2 aromatic carbocycles. The zero-order valence-electron chi connectivity index (χ0n) is 17.7. The average Bonchev–Trinajstić information content (AvgIpc) is 3.53. The highest BCUT2D eigenvalue weighted by molar-refractivity contribution is 7.99. The van der Waals surface area contributed by atoms with E-state index in [1.807, 2.05) is 49.4 Å². The van der Waals surface area contributed by atoms with Gasteiger partial charge < -0.3 is 19.3 Å². The van der Waals surface area contributed by atoms with Gasteiger partial charge in [0.2, 0.25) is 5.91 Å². The van der Waals surface area contributed by atoms with Crippen molar-refractivity contribution in [1.29, 1.82) is 0 Å². The maximum absolute atomic E-state index is 12.4. The Bertz CT molecular complexity index is 1370. The maximum Gasteiger partial charge on any atom is 0.277 e. The summed E-state index contributed by atoms with van der Waals surface area (Å²) in [4.78, 5) is 20.2. The Morgan fingerprint density at radius 3 is 2.84 bits per heavy atom. The summed E-state index contributed by atoms with van der Waals surface area (Å²) >= 11 is 1.21. The maximum atomic E-state index is 12.4. The zero-order valence-corrected chi connectivity index (χ0v) is 18.5. The Morgan fingerprint density at radius 1 is 1.19 bits per heavy atom. The molecule has 0 fully saturated rings. The van der Waals surface area contributed by atoms with E-state index >= 15 is 0 Å². The molecule has 0 saturated heterocycles. The van der Waals surface area contributed by atoms with E-state index in [9.17, 15) is 4.79 Å². The number of para-hydroxylation sites is 3. The number of thioether (sulfide) groups is 1. The molecule has 8 nitrogen and oxygen atoms in total. The van der Waals surface area contributed by atoms with E-state index in [4.69, 9.17) is 4.42 Å². The monoisotopic (exact) mass is 446 g/mol. The van der Waals surface area contributed by atoms with Crippen LogP contribution in [-0.2, 0) is 11.3 Å². The van der Waals surface area contributed by atoms with Gasteiger partial charge in [0, 0.05) is 17.4 Å². The second-order valence-electron chi connectivity index (χ2n) is 7.42. The summed E-state index contributed by atoms with van der Waals surface area (Å²) in [5.74, 6) is 1.20. The first-order valence-electron chi connectivity index (χ1n) is 10.4. The first kappa shape index (κ1) is 20.3. The quantitative estimate of drug-likeness (QED) is 0.356. The Hall–Kier alpha value is -3.59. The molecule has 1 unspecified atom stereocenters. The second-order valence-corrected chi connectivity index (χ2v) is 8.35. The molecule has 0 radical (unpaired) electrons. The summed E-state index contributed by atoms with van der Waals surface area (Å²) in [6.07, 6.45) is 0. The fourth-order valence-corrected chi connectivity index (χ4v) is 4.33. The summed E-state index contributed by atoms with van der Waals surface area (Å²) in [6, 6.07) is 17.7. The van der Waals surface area contributed by atoms with Crippen LogP contribution < -0.4 is 5.32 Å². The number of rotatable bonds is 7. The molecular weight excluding hydrogens is 424 g/mol. The number of hydrogen-bond donors (Lipinski definition) is 2. The lowest BCUT2D eigenvalue weighted by molar-refractivity contribution is -0.119. The SMILES string of the molecule is CCn1c(-c2nnc(SCC(=O)NC(C)c3nc4ccccc4[nH]3)o2)cc2ccccc21. The van der Waals surface area contributed by atoms with Gasteiger partial charge in [-0.1, -0.05) is 42.1 Å². The van der Waals surface area contributed by atoms with Gasteiger partial charge >= 0.3 is 0 Å². The van der Waals surface area contributed by atoms with Crippen LogP contribution in [0.25, 0.3) is 33.5 Å². The molecule has 0 aliphatic rings. The topological polar surface area (TPSA) is 102 Å². The molecule has 3 heterocycles. The molecule has 5 rings (SSSR count). The van der Waals surface area contributed by atoms with Gasteiger partial charge in [-0.05, 0) is 38.1 Å². The van der Waals surface area contributed by atoms with E-state index in [2.05, 4.69) is 49.1 Å². The van der Waals surface area contributed by atoms with E-state index in [0.29, 0.717) is 11.1 Å². The molecular formula is C23H22N6O2S. The third-order valence-corrected chi connectivity index (χ3v) is 6.09. The molecule has 0 aliphatic carbocycles. The van der Waals surface area contributed by atoms with E-state index in [0.717, 1.165) is 40.0 Å². The number of nitrogens with one attached hydrogen (secondary N) is 2. The van der Waals surface area contributed by atoms with Crippen LogP contribution in [-0.4, -0.2) is 36.4 Å². The molecule has 162 valence electrons. The number of aryl methyl sites for hydroxylation is 1. The lowest BCUT2D eigenvalue weighted by atomic mass is 10.2. The minimum absolute atomic E-state index is 0.134. The molecule has 0 saturated carbocycles. The van der Waals surface area contributed by atoms with Crippen molar-refractivity contribution < 1.29 is 9.21 Å². The number of fused-ring (bicyclic) bond motifs is 2. The van der Waals surface area contributed by atoms with Crippen molar-refractivity contribution in [3.8, 4) is 11.6 Å². The zero-order chi connectivity index (χ0) is 22.1. The predicted octanol–water partition coefficient (Wildman–Crippen LogP) is 4.56. The van der Waals surface area contributed by atoms with Gasteiger partial charge in [-0.15, -0.1) is 10.2 Å². The highest BCUT2D eigenvalue weighted by atomic mass is 32.2. The lowest BCUT2D eigenvalue weighted by Crippen LogP contribution is -2.28. The van der Waals surface area contributed by atoms with Gasteiger partial charge in [0.25, 0.3) is 11.1 Å². The minimum atomic E-state index is -0.242. The van der Waals surface area contributed by atoms with Crippen LogP contribution in [0.15, 0.2) is 64.2 Å². The van der Waals surface area contributed by atoms with Crippen molar-refractivity contribution in [2.24, 2.45) is 0 Å². The number of amides is 1. The summed E-state index contributed by atoms with van der Waals surface area (Å²) < 4.78 is 7.98. The first-order chi connectivity index (χ1) is 15.6. The number of hydrogen-bond acceptors (Lipinski definition) is 6. The second kappa shape index (κ2) is 8.51. The third kappa shape index (κ3) is 3.87. The van der Waals surface area contributed by atoms with Gasteiger partial charge in [-0.25, -0.2) is 4.98 Å². The molecule has 0 spiro atoms. The van der Waals surface area contributed by atoms with Crippen molar-refractivity contribution >= 4 is 39.6 Å². The standard InChI is InChI=1S/C23H22N6O2S/c1-3-29-18-11-7-4-8-15(18)12-19(29)22-27-28-23(31-22)32-13-20(30)24-14(2)21-25-16-9-5-6-10-17(16)26-21/h4-12,14H,3,13H2,1-2H3,(H,24,30)(H,25,26). The van der Waals surface area contributed by atoms with Crippen molar-refractivity contribution in [2.45, 2.75) is 31.7 Å². The number of aromatic nitrogens is 5. The third-order valence-electron chi connectivity index (χ3n) is 5.27. The van der Waals surface area contributed by atoms with E-state index in [-0.39, 0.29) is 17.7 Å². The smallest absolute Gasteiger partial charge is 0.277 e. The van der Waals surface area contributed by atoms with E-state index < -0.39 is 0 Å². The molecule has 0 aliphatic heterocycles. The number of benzene rings is 2. The van der Waals surface area contributed by atoms with Gasteiger partial charge in [0.05, 0.1) is 22.8 Å². The molecule has 32 heavy (non-hydrogen) atoms. The summed E-state index contributed by atoms with van der Waals surface area (Å²) in [6.45, 7) is 4.76. The molecule has 9 heteroatoms. The van der Waals surface area contributed by atoms with Crippen LogP contribution in [0.3, 0.4) is 0 Å². The Kier molecular flexibility index (Phi) is 5.40. The van der Waals surface area contributed by atoms with Gasteiger partial charge in [-0.3, -0.25) is 4.79 Å². The Labute approximate surface area is 188 Å². The fraction of sp³-hybridized carbons (Fsp3) is 0.217. The summed E-state index contributed by atoms with van der Waals surface area (Å²) in [7, 11) is 0. The van der Waals surface area contributed by atoms with Crippen LogP contribution in [0.2, 0.25) is 0 Å². The Morgan fingerprint density at radius 2 is 2.00 bits per heavy atom. The predicted molar refractivity (Wildman–Crippen MR) is 124 cm³/mol. The van der Waals surface area contributed by atoms with Crippen molar-refractivity contribution in [3.63, 3.8) is 0 Å². The van der Waals surface area contributed by atoms with E-state index in [1.165, 1.54) is 11.8 Å². The first-order valence-corrected chi connectivity index (χ1v) is 11.4. The molecule has 1 atom stereocenters. The van der Waals surface area contributed by atoms with Crippen LogP contribution in [0, 0.1) is 0 Å². The number of H-pyrrole nitrogens is 1. The van der Waals surface area contributed by atoms with Gasteiger partial charge in [0.1, 0.15) is 11.5 Å². The van der Waals surface area contributed by atoms with Gasteiger partial charge in [-0.2, -0.15) is 0 Å². The number of nitrogens with zero attached hydrogens (tertiary/aromatic N) is 4. The normalized spacial score (nSPS) is 12.4. The van der Waals surface area contributed by atoms with E-state index in [1.54, 1.807) is 0 Å². The molecule has 2 N–H and O–H groups in total. The van der Waals surface area contributed by atoms with Crippen LogP contribution in [0.1, 0.15) is 25.7 Å². The fourth-order valence-electron chi connectivity index (χ4n) is 3.76. The van der Waals surface area contributed by atoms with Crippen molar-refractivity contribution in [3.05, 3.63) is 60.4 Å². The largest absolute Gasteiger partial charge is 0.410 e. The van der Waals surface area contributed by atoms with Crippen molar-refractivity contribution in [2.75, 3.05) is 5.75 Å². The molecule has 0 bridgehead atoms. The number of carbonyl (C=O) groups is 1. The van der Waals surface area contributed by atoms with Crippen LogP contribution >= 0.6 is 11.8 Å². The molecule has 5 aromatic rings. The minimum Gasteiger partial charge on any atom is -0.410 e. The lowest BCUT2D eigenvalue weighted by Gasteiger charge is -2.10.